The third-order valence-corrected chi connectivity index (χ3v) is 3.25. The van der Waals surface area contributed by atoms with Crippen LogP contribution in [0.1, 0.15) is 37.7 Å². The highest BCUT2D eigenvalue weighted by atomic mass is 14.8. The first-order valence-electron chi connectivity index (χ1n) is 6.16. The predicted molar refractivity (Wildman–Crippen MR) is 74.4 cm³/mol. The number of aromatic nitrogens is 1. The lowest BCUT2D eigenvalue weighted by Gasteiger charge is -2.18. The molecule has 0 atom stereocenters. The maximum absolute atomic E-state index is 3.55. The van der Waals surface area contributed by atoms with Crippen molar-refractivity contribution < 1.29 is 0 Å². The maximum Gasteiger partial charge on any atom is 0.0239 e. The zero-order chi connectivity index (χ0) is 12.6. The molecule has 0 fully saturated rings. The fourth-order valence-electron chi connectivity index (χ4n) is 2.54. The first-order valence-corrected chi connectivity index (χ1v) is 6.16. The smallest absolute Gasteiger partial charge is 0.0239 e. The number of hydrogen-bond donors (Lipinski definition) is 1. The van der Waals surface area contributed by atoms with E-state index in [9.17, 15) is 0 Å². The second kappa shape index (κ2) is 4.06. The van der Waals surface area contributed by atoms with Crippen molar-refractivity contribution in [3.63, 3.8) is 0 Å². The van der Waals surface area contributed by atoms with Gasteiger partial charge in [0, 0.05) is 22.4 Å². The lowest BCUT2D eigenvalue weighted by atomic mass is 9.88. The van der Waals surface area contributed by atoms with Crippen LogP contribution in [0.2, 0.25) is 0 Å². The highest BCUT2D eigenvalue weighted by Gasteiger charge is 2.22. The Labute approximate surface area is 104 Å². The van der Waals surface area contributed by atoms with Crippen LogP contribution in [0.15, 0.2) is 30.3 Å². The summed E-state index contributed by atoms with van der Waals surface area (Å²) < 4.78 is 0. The van der Waals surface area contributed by atoms with E-state index in [0.29, 0.717) is 0 Å². The molecule has 1 heterocycles. The number of aryl methyl sites for hydroxylation is 1. The van der Waals surface area contributed by atoms with Crippen LogP contribution in [-0.4, -0.2) is 4.98 Å². The summed E-state index contributed by atoms with van der Waals surface area (Å²) in [5.41, 5.74) is 6.81. The monoisotopic (exact) mass is 227 g/mol. The Balaban J connectivity index is 2.61. The van der Waals surface area contributed by atoms with E-state index in [-0.39, 0.29) is 5.41 Å². The van der Waals surface area contributed by atoms with E-state index >= 15 is 0 Å². The summed E-state index contributed by atoms with van der Waals surface area (Å²) in [6, 6.07) is 10.6. The van der Waals surface area contributed by atoms with Gasteiger partial charge in [-0.15, -0.1) is 0 Å². The fraction of sp³-hybridized carbons (Fsp3) is 0.375. The van der Waals surface area contributed by atoms with Crippen LogP contribution >= 0.6 is 0 Å². The molecule has 0 aliphatic heterocycles. The van der Waals surface area contributed by atoms with E-state index in [2.05, 4.69) is 69.9 Å². The average Bonchev–Trinajstić information content (AvgIpc) is 2.55. The Morgan fingerprint density at radius 2 is 1.53 bits per heavy atom. The molecular formula is C16H21N. The molecule has 17 heavy (non-hydrogen) atoms. The number of aromatic amines is 1. The Hall–Kier alpha value is -1.50. The Bertz CT molecular complexity index is 512. The van der Waals surface area contributed by atoms with Crippen LogP contribution in [0, 0.1) is 13.8 Å². The molecule has 1 aromatic carbocycles. The van der Waals surface area contributed by atoms with Crippen molar-refractivity contribution in [2.45, 2.75) is 40.0 Å². The normalized spacial score (nSPS) is 11.8. The van der Waals surface area contributed by atoms with Gasteiger partial charge < -0.3 is 4.98 Å². The molecule has 0 aliphatic carbocycles. The van der Waals surface area contributed by atoms with Gasteiger partial charge in [-0.3, -0.25) is 0 Å². The lowest BCUT2D eigenvalue weighted by molar-refractivity contribution is 0.568. The average molecular weight is 227 g/mol. The number of hydrogen-bond acceptors (Lipinski definition) is 0. The molecule has 1 N–H and O–H groups in total. The first-order chi connectivity index (χ1) is 7.91. The van der Waals surface area contributed by atoms with E-state index in [1.54, 1.807) is 0 Å². The van der Waals surface area contributed by atoms with Gasteiger partial charge in [0.2, 0.25) is 0 Å². The van der Waals surface area contributed by atoms with E-state index in [1.807, 2.05) is 0 Å². The summed E-state index contributed by atoms with van der Waals surface area (Å²) >= 11 is 0. The van der Waals surface area contributed by atoms with Gasteiger partial charge in [-0.05, 0) is 25.0 Å². The van der Waals surface area contributed by atoms with Gasteiger partial charge in [-0.2, -0.15) is 0 Å². The van der Waals surface area contributed by atoms with Gasteiger partial charge >= 0.3 is 0 Å². The largest absolute Gasteiger partial charge is 0.361 e. The van der Waals surface area contributed by atoms with Crippen LogP contribution in [0.4, 0.5) is 0 Å². The van der Waals surface area contributed by atoms with Crippen molar-refractivity contribution in [3.8, 4) is 11.1 Å². The molecule has 0 unspecified atom stereocenters. The zero-order valence-electron chi connectivity index (χ0n) is 11.4. The second-order valence-corrected chi connectivity index (χ2v) is 5.74. The van der Waals surface area contributed by atoms with E-state index in [4.69, 9.17) is 0 Å². The molecule has 0 saturated carbocycles. The number of nitrogens with one attached hydrogen (secondary N) is 1. The number of H-pyrrole nitrogens is 1. The molecule has 2 aromatic rings. The SMILES string of the molecule is Cc1[nH]c(C(C)(C)C)c(C)c1-c1ccccc1. The maximum atomic E-state index is 3.55. The Kier molecular flexibility index (Phi) is 2.86. The molecule has 90 valence electrons. The topological polar surface area (TPSA) is 15.8 Å². The number of benzene rings is 1. The predicted octanol–water partition coefficient (Wildman–Crippen LogP) is 4.60. The van der Waals surface area contributed by atoms with Crippen molar-refractivity contribution in [2.75, 3.05) is 0 Å². The Morgan fingerprint density at radius 3 is 2.00 bits per heavy atom. The molecule has 1 nitrogen and oxygen atoms in total. The van der Waals surface area contributed by atoms with Crippen LogP contribution < -0.4 is 0 Å². The summed E-state index contributed by atoms with van der Waals surface area (Å²) in [6.45, 7) is 11.1. The van der Waals surface area contributed by atoms with Crippen LogP contribution in [-0.2, 0) is 5.41 Å². The van der Waals surface area contributed by atoms with Gasteiger partial charge in [0.1, 0.15) is 0 Å². The quantitative estimate of drug-likeness (QED) is 0.733. The molecular weight excluding hydrogens is 206 g/mol. The molecule has 0 saturated heterocycles. The van der Waals surface area contributed by atoms with Crippen LogP contribution in [0.25, 0.3) is 11.1 Å². The third kappa shape index (κ3) is 2.14. The molecule has 0 radical (unpaired) electrons. The summed E-state index contributed by atoms with van der Waals surface area (Å²) in [6.07, 6.45) is 0. The summed E-state index contributed by atoms with van der Waals surface area (Å²) in [7, 11) is 0. The minimum Gasteiger partial charge on any atom is -0.361 e. The third-order valence-electron chi connectivity index (χ3n) is 3.25. The summed E-state index contributed by atoms with van der Waals surface area (Å²) in [5.74, 6) is 0. The van der Waals surface area contributed by atoms with E-state index in [0.717, 1.165) is 0 Å². The standard InChI is InChI=1S/C16H21N/c1-11-14(13-9-7-6-8-10-13)12(2)17-15(11)16(3,4)5/h6-10,17H,1-5H3. The van der Waals surface area contributed by atoms with Crippen LogP contribution in [0.5, 0.6) is 0 Å². The van der Waals surface area contributed by atoms with Gasteiger partial charge in [0.15, 0.2) is 0 Å². The van der Waals surface area contributed by atoms with E-state index in [1.165, 1.54) is 28.1 Å². The highest BCUT2D eigenvalue weighted by molar-refractivity contribution is 5.71. The first kappa shape index (κ1) is 12.0. The minimum atomic E-state index is 0.169. The van der Waals surface area contributed by atoms with Gasteiger partial charge in [-0.25, -0.2) is 0 Å². The summed E-state index contributed by atoms with van der Waals surface area (Å²) in [5, 5.41) is 0. The molecule has 0 spiro atoms. The molecule has 0 bridgehead atoms. The Morgan fingerprint density at radius 1 is 0.941 bits per heavy atom. The van der Waals surface area contributed by atoms with Gasteiger partial charge in [0.05, 0.1) is 0 Å². The van der Waals surface area contributed by atoms with Crippen molar-refractivity contribution in [1.82, 2.24) is 4.98 Å². The van der Waals surface area contributed by atoms with Gasteiger partial charge in [0.25, 0.3) is 0 Å². The molecule has 0 aliphatic rings. The molecule has 0 amide bonds. The highest BCUT2D eigenvalue weighted by Crippen LogP contribution is 2.34. The number of rotatable bonds is 1. The van der Waals surface area contributed by atoms with Crippen molar-refractivity contribution in [3.05, 3.63) is 47.3 Å². The van der Waals surface area contributed by atoms with Crippen molar-refractivity contribution in [2.24, 2.45) is 0 Å². The minimum absolute atomic E-state index is 0.169. The van der Waals surface area contributed by atoms with Crippen molar-refractivity contribution in [1.29, 1.82) is 0 Å². The molecule has 2 rings (SSSR count). The molecule has 1 aromatic heterocycles. The van der Waals surface area contributed by atoms with Gasteiger partial charge in [-0.1, -0.05) is 51.1 Å². The van der Waals surface area contributed by atoms with Crippen LogP contribution in [0.3, 0.4) is 0 Å². The zero-order valence-corrected chi connectivity index (χ0v) is 11.4. The fourth-order valence-corrected chi connectivity index (χ4v) is 2.54. The molecule has 1 heteroatoms. The second-order valence-electron chi connectivity index (χ2n) is 5.74. The lowest BCUT2D eigenvalue weighted by Crippen LogP contribution is -2.13. The summed E-state index contributed by atoms with van der Waals surface area (Å²) in [4.78, 5) is 3.55. The van der Waals surface area contributed by atoms with Crippen molar-refractivity contribution >= 4 is 0 Å². The van der Waals surface area contributed by atoms with E-state index < -0.39 is 0 Å².